The van der Waals surface area contributed by atoms with Gasteiger partial charge in [0.05, 0.1) is 12.5 Å². The Balaban J connectivity index is 0.000000221. The standard InChI is InChI=1S/C12H16FN3O.C9H13N3/c1-15(11-5-4-10(13)9-14-11)7-8-16-6-2-3-12(16)17;1-2-4-8-5-3-6-9(12-8)11-7-10/h4-5,9H,2-3,6-8H2,1H3;3,5-7H,2,4H2,1H3,(H2,10,11,12). The molecule has 1 amide bonds. The number of anilines is 1. The number of amides is 1. The van der Waals surface area contributed by atoms with Gasteiger partial charge in [0, 0.05) is 38.8 Å². The van der Waals surface area contributed by atoms with E-state index < -0.39 is 0 Å². The fourth-order valence-corrected chi connectivity index (χ4v) is 2.93. The number of likely N-dealkylation sites (N-methyl/N-ethyl adjacent to an activating group) is 1. The third kappa shape index (κ3) is 7.48. The summed E-state index contributed by atoms with van der Waals surface area (Å²) in [7, 11) is 1.89. The summed E-state index contributed by atoms with van der Waals surface area (Å²) >= 11 is 0. The van der Waals surface area contributed by atoms with Crippen molar-refractivity contribution in [2.24, 2.45) is 10.7 Å². The van der Waals surface area contributed by atoms with E-state index in [1.165, 1.54) is 18.6 Å². The predicted octanol–water partition coefficient (Wildman–Crippen LogP) is 2.93. The average molecular weight is 401 g/mol. The van der Waals surface area contributed by atoms with E-state index in [-0.39, 0.29) is 11.7 Å². The van der Waals surface area contributed by atoms with Crippen LogP contribution in [0.4, 0.5) is 16.0 Å². The van der Waals surface area contributed by atoms with Gasteiger partial charge >= 0.3 is 0 Å². The van der Waals surface area contributed by atoms with Gasteiger partial charge in [-0.1, -0.05) is 19.4 Å². The molecular formula is C21H29FN6O. The van der Waals surface area contributed by atoms with Crippen molar-refractivity contribution in [1.29, 1.82) is 0 Å². The van der Waals surface area contributed by atoms with Gasteiger partial charge in [-0.05, 0) is 37.1 Å². The van der Waals surface area contributed by atoms with Crippen LogP contribution in [0, 0.1) is 5.82 Å². The van der Waals surface area contributed by atoms with E-state index in [1.807, 2.05) is 35.0 Å². The normalized spacial score (nSPS) is 13.5. The summed E-state index contributed by atoms with van der Waals surface area (Å²) in [5, 5.41) is 0. The smallest absolute Gasteiger partial charge is 0.222 e. The number of carbonyl (C=O) groups excluding carboxylic acids is 1. The maximum atomic E-state index is 12.7. The molecule has 0 bridgehead atoms. The number of carbonyl (C=O) groups is 1. The van der Waals surface area contributed by atoms with E-state index >= 15 is 0 Å². The molecule has 2 N–H and O–H groups in total. The molecule has 1 fully saturated rings. The van der Waals surface area contributed by atoms with Crippen molar-refractivity contribution < 1.29 is 9.18 Å². The molecule has 156 valence electrons. The molecule has 0 atom stereocenters. The highest BCUT2D eigenvalue weighted by atomic mass is 19.1. The first-order chi connectivity index (χ1) is 14.0. The highest BCUT2D eigenvalue weighted by Gasteiger charge is 2.19. The maximum Gasteiger partial charge on any atom is 0.222 e. The number of aryl methyl sites for hydroxylation is 1. The Bertz CT molecular complexity index is 796. The zero-order valence-corrected chi connectivity index (χ0v) is 17.1. The average Bonchev–Trinajstić information content (AvgIpc) is 3.13. The van der Waals surface area contributed by atoms with Crippen molar-refractivity contribution in [2.75, 3.05) is 31.6 Å². The van der Waals surface area contributed by atoms with Gasteiger partial charge in [-0.25, -0.2) is 19.4 Å². The van der Waals surface area contributed by atoms with Crippen LogP contribution in [0.1, 0.15) is 31.9 Å². The second-order valence-corrected chi connectivity index (χ2v) is 6.76. The second kappa shape index (κ2) is 11.7. The maximum absolute atomic E-state index is 12.7. The quantitative estimate of drug-likeness (QED) is 0.570. The van der Waals surface area contributed by atoms with Crippen LogP contribution in [0.3, 0.4) is 0 Å². The minimum atomic E-state index is -0.336. The van der Waals surface area contributed by atoms with Crippen LogP contribution in [0.25, 0.3) is 0 Å². The Labute approximate surface area is 171 Å². The van der Waals surface area contributed by atoms with E-state index in [0.29, 0.717) is 25.3 Å². The van der Waals surface area contributed by atoms with Crippen molar-refractivity contribution in [1.82, 2.24) is 14.9 Å². The number of rotatable bonds is 7. The summed E-state index contributed by atoms with van der Waals surface area (Å²) in [6, 6.07) is 8.81. The van der Waals surface area contributed by atoms with Crippen LogP contribution in [0.2, 0.25) is 0 Å². The Morgan fingerprint density at radius 2 is 2.17 bits per heavy atom. The van der Waals surface area contributed by atoms with Crippen molar-refractivity contribution in [3.8, 4) is 0 Å². The Morgan fingerprint density at radius 3 is 2.79 bits per heavy atom. The molecule has 29 heavy (non-hydrogen) atoms. The highest BCUT2D eigenvalue weighted by Crippen LogP contribution is 2.12. The number of hydrogen-bond acceptors (Lipinski definition) is 5. The van der Waals surface area contributed by atoms with Crippen LogP contribution in [0.15, 0.2) is 41.5 Å². The monoisotopic (exact) mass is 400 g/mol. The molecule has 0 aromatic carbocycles. The lowest BCUT2D eigenvalue weighted by Gasteiger charge is -2.22. The molecule has 7 nitrogen and oxygen atoms in total. The van der Waals surface area contributed by atoms with Gasteiger partial charge in [0.15, 0.2) is 5.82 Å². The summed E-state index contributed by atoms with van der Waals surface area (Å²) < 4.78 is 12.7. The van der Waals surface area contributed by atoms with Gasteiger partial charge in [0.1, 0.15) is 11.6 Å². The first-order valence-corrected chi connectivity index (χ1v) is 9.84. The van der Waals surface area contributed by atoms with Crippen molar-refractivity contribution >= 4 is 23.9 Å². The minimum Gasteiger partial charge on any atom is -0.390 e. The summed E-state index contributed by atoms with van der Waals surface area (Å²) in [4.78, 5) is 27.3. The van der Waals surface area contributed by atoms with E-state index in [1.54, 1.807) is 6.07 Å². The molecule has 1 aliphatic heterocycles. The highest BCUT2D eigenvalue weighted by molar-refractivity contribution is 5.78. The van der Waals surface area contributed by atoms with Gasteiger partial charge < -0.3 is 15.5 Å². The van der Waals surface area contributed by atoms with Crippen LogP contribution in [-0.4, -0.2) is 53.8 Å². The Morgan fingerprint density at radius 1 is 1.34 bits per heavy atom. The third-order valence-electron chi connectivity index (χ3n) is 4.48. The number of nitrogens with two attached hydrogens (primary N) is 1. The molecule has 0 saturated carbocycles. The second-order valence-electron chi connectivity index (χ2n) is 6.76. The number of halogens is 1. The Hall–Kier alpha value is -3.03. The molecular weight excluding hydrogens is 371 g/mol. The fraction of sp³-hybridized carbons (Fsp3) is 0.429. The van der Waals surface area contributed by atoms with Crippen molar-refractivity contribution in [3.05, 3.63) is 48.0 Å². The lowest BCUT2D eigenvalue weighted by Crippen LogP contribution is -2.34. The topological polar surface area (TPSA) is 87.7 Å². The predicted molar refractivity (Wildman–Crippen MR) is 114 cm³/mol. The molecule has 3 heterocycles. The molecule has 0 unspecified atom stereocenters. The fourth-order valence-electron chi connectivity index (χ4n) is 2.93. The van der Waals surface area contributed by atoms with Gasteiger partial charge in [0.25, 0.3) is 0 Å². The molecule has 0 spiro atoms. The summed E-state index contributed by atoms with van der Waals surface area (Å²) in [5.41, 5.74) is 6.22. The molecule has 1 saturated heterocycles. The molecule has 8 heteroatoms. The van der Waals surface area contributed by atoms with Gasteiger partial charge in [0.2, 0.25) is 5.91 Å². The summed E-state index contributed by atoms with van der Waals surface area (Å²) in [6.07, 6.45) is 6.18. The lowest BCUT2D eigenvalue weighted by atomic mass is 10.2. The number of likely N-dealkylation sites (tertiary alicyclic amines) is 1. The summed E-state index contributed by atoms with van der Waals surface area (Å²) in [5.74, 6) is 1.30. The van der Waals surface area contributed by atoms with Crippen molar-refractivity contribution in [2.45, 2.75) is 32.6 Å². The van der Waals surface area contributed by atoms with Gasteiger partial charge in [-0.3, -0.25) is 4.79 Å². The van der Waals surface area contributed by atoms with Crippen LogP contribution in [-0.2, 0) is 11.2 Å². The largest absolute Gasteiger partial charge is 0.390 e. The van der Waals surface area contributed by atoms with Crippen LogP contribution in [0.5, 0.6) is 0 Å². The summed E-state index contributed by atoms with van der Waals surface area (Å²) in [6.45, 7) is 4.39. The molecule has 2 aromatic rings. The number of aliphatic imine (C=N–C) groups is 1. The number of pyridine rings is 2. The molecule has 2 aromatic heterocycles. The zero-order chi connectivity index (χ0) is 21.1. The SMILES string of the molecule is CCCc1cccc(/N=C\N)n1.CN(CCN1CCCC1=O)c1ccc(F)cn1. The van der Waals surface area contributed by atoms with E-state index in [0.717, 1.165) is 37.3 Å². The molecule has 0 radical (unpaired) electrons. The van der Waals surface area contributed by atoms with Crippen LogP contribution >= 0.6 is 0 Å². The van der Waals surface area contributed by atoms with Crippen LogP contribution < -0.4 is 10.6 Å². The Kier molecular flexibility index (Phi) is 9.01. The number of hydrogen-bond donors (Lipinski definition) is 1. The first kappa shape index (κ1) is 22.3. The van der Waals surface area contributed by atoms with Gasteiger partial charge in [-0.2, -0.15) is 0 Å². The minimum absolute atomic E-state index is 0.227. The zero-order valence-electron chi connectivity index (χ0n) is 17.1. The first-order valence-electron chi connectivity index (χ1n) is 9.84. The number of aromatic nitrogens is 2. The molecule has 1 aliphatic rings. The van der Waals surface area contributed by atoms with Gasteiger partial charge in [-0.15, -0.1) is 0 Å². The van der Waals surface area contributed by atoms with E-state index in [4.69, 9.17) is 5.73 Å². The molecule has 3 rings (SSSR count). The van der Waals surface area contributed by atoms with E-state index in [2.05, 4.69) is 21.9 Å². The van der Waals surface area contributed by atoms with Crippen molar-refractivity contribution in [3.63, 3.8) is 0 Å². The molecule has 0 aliphatic carbocycles. The third-order valence-corrected chi connectivity index (χ3v) is 4.48. The van der Waals surface area contributed by atoms with E-state index in [9.17, 15) is 9.18 Å². The number of nitrogens with zero attached hydrogens (tertiary/aromatic N) is 5. The lowest BCUT2D eigenvalue weighted by molar-refractivity contribution is -0.127.